The first-order valence-corrected chi connectivity index (χ1v) is 7.70. The second-order valence-corrected chi connectivity index (χ2v) is 7.18. The van der Waals surface area contributed by atoms with Crippen LogP contribution in [0.1, 0.15) is 44.1 Å². The van der Waals surface area contributed by atoms with Gasteiger partial charge in [-0.15, -0.1) is 0 Å². The van der Waals surface area contributed by atoms with Crippen LogP contribution < -0.4 is 5.32 Å². The molecule has 102 valence electrons. The van der Waals surface area contributed by atoms with Gasteiger partial charge in [0, 0.05) is 12.1 Å². The Balaban J connectivity index is 1.46. The van der Waals surface area contributed by atoms with Crippen molar-refractivity contribution in [3.05, 3.63) is 35.6 Å². The molecule has 1 N–H and O–H groups in total. The molecule has 0 saturated heterocycles. The van der Waals surface area contributed by atoms with Crippen molar-refractivity contribution >= 4 is 0 Å². The summed E-state index contributed by atoms with van der Waals surface area (Å²) in [5.41, 5.74) is 1.61. The molecule has 0 unspecified atom stereocenters. The molecule has 0 spiro atoms. The Morgan fingerprint density at radius 3 is 2.00 bits per heavy atom. The Bertz CT molecular complexity index is 429. The number of halogens is 1. The molecule has 19 heavy (non-hydrogen) atoms. The Kier molecular flexibility index (Phi) is 2.70. The van der Waals surface area contributed by atoms with Crippen molar-refractivity contribution in [1.82, 2.24) is 5.32 Å². The van der Waals surface area contributed by atoms with E-state index in [1.165, 1.54) is 44.1 Å². The molecular formula is C17H22FN. The van der Waals surface area contributed by atoms with Crippen molar-refractivity contribution in [2.45, 2.75) is 50.6 Å². The lowest BCUT2D eigenvalue weighted by atomic mass is 9.53. The number of nitrogens with one attached hydrogen (secondary N) is 1. The summed E-state index contributed by atoms with van der Waals surface area (Å²) >= 11 is 0. The molecule has 4 bridgehead atoms. The van der Waals surface area contributed by atoms with Gasteiger partial charge in [-0.05, 0) is 74.0 Å². The zero-order valence-electron chi connectivity index (χ0n) is 11.4. The summed E-state index contributed by atoms with van der Waals surface area (Å²) in [6.45, 7) is 0.895. The van der Waals surface area contributed by atoms with Crippen LogP contribution in [0.3, 0.4) is 0 Å². The maximum Gasteiger partial charge on any atom is 0.123 e. The SMILES string of the molecule is Fc1ccc(CNC23CC4CC(CC(C4)C2)C3)cc1. The molecule has 1 aromatic carbocycles. The summed E-state index contributed by atoms with van der Waals surface area (Å²) in [5, 5.41) is 3.84. The van der Waals surface area contributed by atoms with Gasteiger partial charge >= 0.3 is 0 Å². The zero-order chi connectivity index (χ0) is 12.9. The van der Waals surface area contributed by atoms with Gasteiger partial charge in [0.25, 0.3) is 0 Å². The van der Waals surface area contributed by atoms with Gasteiger partial charge in [-0.2, -0.15) is 0 Å². The average molecular weight is 259 g/mol. The molecule has 0 aliphatic heterocycles. The van der Waals surface area contributed by atoms with Gasteiger partial charge in [0.15, 0.2) is 0 Å². The van der Waals surface area contributed by atoms with Crippen LogP contribution in [0.2, 0.25) is 0 Å². The molecule has 1 aromatic rings. The lowest BCUT2D eigenvalue weighted by molar-refractivity contribution is -0.0206. The molecular weight excluding hydrogens is 237 g/mol. The summed E-state index contributed by atoms with van der Waals surface area (Å²) in [7, 11) is 0. The second kappa shape index (κ2) is 4.31. The normalized spacial score (nSPS) is 39.7. The van der Waals surface area contributed by atoms with Crippen molar-refractivity contribution in [2.75, 3.05) is 0 Å². The standard InChI is InChI=1S/C17H22FN/c18-16-3-1-12(2-4-16)11-19-17-8-13-5-14(9-17)7-15(6-13)10-17/h1-4,13-15,19H,5-11H2. The molecule has 0 radical (unpaired) electrons. The fraction of sp³-hybridized carbons (Fsp3) is 0.647. The van der Waals surface area contributed by atoms with Gasteiger partial charge in [0.2, 0.25) is 0 Å². The molecule has 0 atom stereocenters. The van der Waals surface area contributed by atoms with Gasteiger partial charge in [-0.25, -0.2) is 4.39 Å². The summed E-state index contributed by atoms with van der Waals surface area (Å²) < 4.78 is 12.9. The first-order valence-electron chi connectivity index (χ1n) is 7.70. The molecule has 4 fully saturated rings. The molecule has 0 amide bonds. The van der Waals surface area contributed by atoms with Crippen molar-refractivity contribution in [3.63, 3.8) is 0 Å². The lowest BCUT2D eigenvalue weighted by Gasteiger charge is -2.57. The maximum atomic E-state index is 12.9. The van der Waals surface area contributed by atoms with E-state index in [2.05, 4.69) is 5.32 Å². The highest BCUT2D eigenvalue weighted by atomic mass is 19.1. The monoisotopic (exact) mass is 259 g/mol. The summed E-state index contributed by atoms with van der Waals surface area (Å²) in [6.07, 6.45) is 8.58. The number of hydrogen-bond donors (Lipinski definition) is 1. The minimum atomic E-state index is -0.140. The lowest BCUT2D eigenvalue weighted by Crippen LogP contribution is -2.58. The quantitative estimate of drug-likeness (QED) is 0.868. The van der Waals surface area contributed by atoms with E-state index >= 15 is 0 Å². The molecule has 5 rings (SSSR count). The number of hydrogen-bond acceptors (Lipinski definition) is 1. The summed E-state index contributed by atoms with van der Waals surface area (Å²) in [5.74, 6) is 2.80. The zero-order valence-corrected chi connectivity index (χ0v) is 11.4. The van der Waals surface area contributed by atoms with Gasteiger partial charge in [0.1, 0.15) is 5.82 Å². The highest BCUT2D eigenvalue weighted by Gasteiger charge is 2.50. The van der Waals surface area contributed by atoms with Crippen LogP contribution in [0.15, 0.2) is 24.3 Å². The smallest absolute Gasteiger partial charge is 0.123 e. The molecule has 0 aromatic heterocycles. The topological polar surface area (TPSA) is 12.0 Å². The Morgan fingerprint density at radius 1 is 0.947 bits per heavy atom. The van der Waals surface area contributed by atoms with Crippen LogP contribution >= 0.6 is 0 Å². The van der Waals surface area contributed by atoms with E-state index in [4.69, 9.17) is 0 Å². The Morgan fingerprint density at radius 2 is 1.47 bits per heavy atom. The minimum Gasteiger partial charge on any atom is -0.307 e. The van der Waals surface area contributed by atoms with Crippen LogP contribution in [0, 0.1) is 23.6 Å². The molecule has 2 heteroatoms. The van der Waals surface area contributed by atoms with Crippen LogP contribution in [-0.4, -0.2) is 5.54 Å². The fourth-order valence-electron chi connectivity index (χ4n) is 5.22. The Labute approximate surface area is 114 Å². The predicted octanol–water partition coefficient (Wildman–Crippen LogP) is 3.88. The van der Waals surface area contributed by atoms with Crippen molar-refractivity contribution in [1.29, 1.82) is 0 Å². The third-order valence-electron chi connectivity index (χ3n) is 5.62. The van der Waals surface area contributed by atoms with E-state index in [0.29, 0.717) is 5.54 Å². The Hall–Kier alpha value is -0.890. The number of benzene rings is 1. The first kappa shape index (κ1) is 11.9. The van der Waals surface area contributed by atoms with Gasteiger partial charge in [0.05, 0.1) is 0 Å². The van der Waals surface area contributed by atoms with Crippen LogP contribution in [0.25, 0.3) is 0 Å². The van der Waals surface area contributed by atoms with Crippen molar-refractivity contribution in [2.24, 2.45) is 17.8 Å². The van der Waals surface area contributed by atoms with E-state index in [0.717, 1.165) is 24.3 Å². The van der Waals surface area contributed by atoms with Crippen molar-refractivity contribution < 1.29 is 4.39 Å². The summed E-state index contributed by atoms with van der Waals surface area (Å²) in [6, 6.07) is 6.94. The van der Waals surface area contributed by atoms with E-state index < -0.39 is 0 Å². The molecule has 4 saturated carbocycles. The van der Waals surface area contributed by atoms with E-state index in [-0.39, 0.29) is 5.82 Å². The van der Waals surface area contributed by atoms with E-state index in [1.54, 1.807) is 12.1 Å². The highest BCUT2D eigenvalue weighted by Crippen LogP contribution is 2.55. The van der Waals surface area contributed by atoms with Crippen molar-refractivity contribution in [3.8, 4) is 0 Å². The van der Waals surface area contributed by atoms with Gasteiger partial charge in [-0.3, -0.25) is 0 Å². The molecule has 1 nitrogen and oxygen atoms in total. The molecule has 4 aliphatic carbocycles. The van der Waals surface area contributed by atoms with Crippen LogP contribution in [0.4, 0.5) is 4.39 Å². The van der Waals surface area contributed by atoms with Crippen LogP contribution in [-0.2, 0) is 6.54 Å². The average Bonchev–Trinajstić information content (AvgIpc) is 2.36. The van der Waals surface area contributed by atoms with Gasteiger partial charge in [-0.1, -0.05) is 12.1 Å². The van der Waals surface area contributed by atoms with Gasteiger partial charge < -0.3 is 5.32 Å². The largest absolute Gasteiger partial charge is 0.307 e. The predicted molar refractivity (Wildman–Crippen MR) is 74.1 cm³/mol. The fourth-order valence-corrected chi connectivity index (χ4v) is 5.22. The first-order chi connectivity index (χ1) is 9.21. The highest BCUT2D eigenvalue weighted by molar-refractivity contribution is 5.17. The van der Waals surface area contributed by atoms with E-state index in [9.17, 15) is 4.39 Å². The minimum absolute atomic E-state index is 0.140. The number of rotatable bonds is 3. The van der Waals surface area contributed by atoms with Crippen LogP contribution in [0.5, 0.6) is 0 Å². The third-order valence-corrected chi connectivity index (χ3v) is 5.62. The maximum absolute atomic E-state index is 12.9. The molecule has 4 aliphatic rings. The third kappa shape index (κ3) is 2.20. The second-order valence-electron chi connectivity index (χ2n) is 7.18. The summed E-state index contributed by atoms with van der Waals surface area (Å²) in [4.78, 5) is 0. The van der Waals surface area contributed by atoms with E-state index in [1.807, 2.05) is 12.1 Å². The molecule has 0 heterocycles.